The first kappa shape index (κ1) is 23.4. The van der Waals surface area contributed by atoms with E-state index in [2.05, 4.69) is 25.5 Å². The topological polar surface area (TPSA) is 147 Å². The fraction of sp³-hybridized carbons (Fsp3) is 0.381. The van der Waals surface area contributed by atoms with Gasteiger partial charge in [0.1, 0.15) is 27.7 Å². The predicted octanol–water partition coefficient (Wildman–Crippen LogP) is 1.94. The van der Waals surface area contributed by atoms with Crippen LogP contribution in [0.25, 0.3) is 17.0 Å². The van der Waals surface area contributed by atoms with Crippen LogP contribution in [0.5, 0.6) is 5.75 Å². The molecule has 0 fully saturated rings. The van der Waals surface area contributed by atoms with E-state index in [9.17, 15) is 13.2 Å². The van der Waals surface area contributed by atoms with Crippen LogP contribution in [0.15, 0.2) is 33.9 Å². The number of carbonyl (C=O) groups is 1. The van der Waals surface area contributed by atoms with Crippen molar-refractivity contribution in [2.24, 2.45) is 7.05 Å². The zero-order chi connectivity index (χ0) is 24.8. The summed E-state index contributed by atoms with van der Waals surface area (Å²) >= 11 is 0. The van der Waals surface area contributed by atoms with Gasteiger partial charge in [-0.1, -0.05) is 5.16 Å². The fourth-order valence-corrected chi connectivity index (χ4v) is 4.64. The molecule has 0 atom stereocenters. The normalized spacial score (nSPS) is 12.3. The number of aryl methyl sites for hydroxylation is 2. The zero-order valence-corrected chi connectivity index (χ0v) is 20.5. The highest BCUT2D eigenvalue weighted by atomic mass is 32.2. The fourth-order valence-electron chi connectivity index (χ4n) is 3.33. The molecule has 0 aliphatic rings. The summed E-state index contributed by atoms with van der Waals surface area (Å²) in [5, 5.41) is 10.8. The Morgan fingerprint density at radius 2 is 2.00 bits per heavy atom. The number of hydrogen-bond donors (Lipinski definition) is 1. The van der Waals surface area contributed by atoms with Gasteiger partial charge in [-0.3, -0.25) is 13.9 Å². The van der Waals surface area contributed by atoms with E-state index in [1.54, 1.807) is 57.5 Å². The van der Waals surface area contributed by atoms with Crippen molar-refractivity contribution in [3.63, 3.8) is 0 Å². The summed E-state index contributed by atoms with van der Waals surface area (Å²) in [4.78, 5) is 21.1. The summed E-state index contributed by atoms with van der Waals surface area (Å²) in [6.07, 6.45) is 3.04. The number of nitrogens with zero attached hydrogens (tertiary/aromatic N) is 6. The Hall–Kier alpha value is -3.74. The summed E-state index contributed by atoms with van der Waals surface area (Å²) in [5.74, 6) is 0.584. The minimum absolute atomic E-state index is 0.0398. The van der Waals surface area contributed by atoms with Crippen LogP contribution in [0.4, 0.5) is 0 Å². The van der Waals surface area contributed by atoms with Gasteiger partial charge in [-0.25, -0.2) is 13.4 Å². The summed E-state index contributed by atoms with van der Waals surface area (Å²) < 4.78 is 38.7. The van der Waals surface area contributed by atoms with E-state index in [1.807, 2.05) is 0 Å². The smallest absolute Gasteiger partial charge is 0.269 e. The molecular weight excluding hydrogens is 462 g/mol. The maximum Gasteiger partial charge on any atom is 0.269 e. The van der Waals surface area contributed by atoms with Crippen LogP contribution < -0.4 is 10.1 Å². The quantitative estimate of drug-likeness (QED) is 0.431. The number of amides is 1. The maximum atomic E-state index is 13.2. The van der Waals surface area contributed by atoms with Crippen LogP contribution >= 0.6 is 0 Å². The molecule has 4 aromatic rings. The second-order valence-corrected chi connectivity index (χ2v) is 11.3. The molecular formula is C21H25N7O5S. The van der Waals surface area contributed by atoms with Crippen molar-refractivity contribution in [2.75, 3.05) is 7.11 Å². The van der Waals surface area contributed by atoms with Crippen LogP contribution in [-0.4, -0.2) is 55.5 Å². The van der Waals surface area contributed by atoms with Crippen LogP contribution in [0, 0.1) is 6.92 Å². The van der Waals surface area contributed by atoms with E-state index in [1.165, 1.54) is 18.0 Å². The molecule has 180 valence electrons. The Morgan fingerprint density at radius 3 is 2.62 bits per heavy atom. The first-order valence-electron chi connectivity index (χ1n) is 10.3. The number of nitrogens with one attached hydrogen (secondary N) is 1. The van der Waals surface area contributed by atoms with Crippen molar-refractivity contribution in [1.82, 2.24) is 34.6 Å². The van der Waals surface area contributed by atoms with Crippen molar-refractivity contribution < 1.29 is 22.5 Å². The van der Waals surface area contributed by atoms with Gasteiger partial charge < -0.3 is 14.6 Å². The number of imidazole rings is 1. The van der Waals surface area contributed by atoms with Crippen molar-refractivity contribution >= 4 is 21.4 Å². The third-order valence-corrected chi connectivity index (χ3v) is 7.73. The van der Waals surface area contributed by atoms with E-state index >= 15 is 0 Å². The number of aromatic nitrogens is 6. The highest BCUT2D eigenvalue weighted by Gasteiger charge is 2.34. The lowest BCUT2D eigenvalue weighted by Crippen LogP contribution is -2.28. The molecule has 0 spiro atoms. The molecule has 0 saturated carbocycles. The molecule has 4 rings (SSSR count). The van der Waals surface area contributed by atoms with Gasteiger partial charge in [0.2, 0.25) is 5.89 Å². The van der Waals surface area contributed by atoms with E-state index in [0.717, 1.165) is 0 Å². The molecule has 1 amide bonds. The van der Waals surface area contributed by atoms with Gasteiger partial charge in [-0.2, -0.15) is 10.1 Å². The van der Waals surface area contributed by atoms with Gasteiger partial charge in [0.15, 0.2) is 15.7 Å². The SMILES string of the molecule is COc1cc2ncc(-c3cc(C(=O)NCc4nc(C)no4)n(C)n3)n2cc1S(=O)(=O)C(C)(C)C. The second kappa shape index (κ2) is 8.24. The van der Waals surface area contributed by atoms with Gasteiger partial charge in [0.25, 0.3) is 5.91 Å². The third kappa shape index (κ3) is 4.02. The van der Waals surface area contributed by atoms with Gasteiger partial charge in [-0.15, -0.1) is 0 Å². The van der Waals surface area contributed by atoms with Crippen LogP contribution in [0.3, 0.4) is 0 Å². The minimum Gasteiger partial charge on any atom is -0.495 e. The first-order chi connectivity index (χ1) is 15.9. The Morgan fingerprint density at radius 1 is 1.26 bits per heavy atom. The molecule has 0 saturated heterocycles. The number of rotatable bonds is 6. The maximum absolute atomic E-state index is 13.2. The van der Waals surface area contributed by atoms with Crippen molar-refractivity contribution in [1.29, 1.82) is 0 Å². The molecule has 0 radical (unpaired) electrons. The Balaban J connectivity index is 1.72. The number of hydrogen-bond acceptors (Lipinski definition) is 9. The Labute approximate surface area is 195 Å². The first-order valence-corrected chi connectivity index (χ1v) is 11.8. The summed E-state index contributed by atoms with van der Waals surface area (Å²) in [6, 6.07) is 3.16. The summed E-state index contributed by atoms with van der Waals surface area (Å²) in [6.45, 7) is 6.63. The van der Waals surface area contributed by atoms with Crippen molar-refractivity contribution in [2.45, 2.75) is 43.9 Å². The molecule has 0 aromatic carbocycles. The Bertz CT molecular complexity index is 1490. The van der Waals surface area contributed by atoms with E-state index < -0.39 is 14.6 Å². The van der Waals surface area contributed by atoms with Crippen LogP contribution in [0.2, 0.25) is 0 Å². The van der Waals surface area contributed by atoms with Crippen LogP contribution in [0.1, 0.15) is 43.0 Å². The van der Waals surface area contributed by atoms with Crippen LogP contribution in [-0.2, 0) is 23.4 Å². The molecule has 0 aliphatic carbocycles. The molecule has 0 unspecified atom stereocenters. The van der Waals surface area contributed by atoms with Gasteiger partial charge in [0, 0.05) is 19.3 Å². The zero-order valence-electron chi connectivity index (χ0n) is 19.6. The molecule has 0 bridgehead atoms. The molecule has 4 aromatic heterocycles. The average Bonchev–Trinajstić information content (AvgIpc) is 3.47. The van der Waals surface area contributed by atoms with E-state index in [-0.39, 0.29) is 34.7 Å². The lowest BCUT2D eigenvalue weighted by molar-refractivity contribution is 0.0937. The standard InChI is InChI=1S/C21H25N7O5S/c1-12-24-19(33-26-12)10-23-20(29)14-7-13(25-27(14)5)15-9-22-18-8-16(32-6)17(11-28(15)18)34(30,31)21(2,3)4/h7-9,11H,10H2,1-6H3,(H,23,29). The number of carbonyl (C=O) groups excluding carboxylic acids is 1. The number of sulfone groups is 1. The number of ether oxygens (including phenoxy) is 1. The number of fused-ring (bicyclic) bond motifs is 1. The molecule has 13 heteroatoms. The third-order valence-electron chi connectivity index (χ3n) is 5.24. The monoisotopic (exact) mass is 487 g/mol. The highest BCUT2D eigenvalue weighted by Crippen LogP contribution is 2.34. The van der Waals surface area contributed by atoms with E-state index in [4.69, 9.17) is 9.26 Å². The molecule has 4 heterocycles. The van der Waals surface area contributed by atoms with Gasteiger partial charge >= 0.3 is 0 Å². The summed E-state index contributed by atoms with van der Waals surface area (Å²) in [5.41, 5.74) is 1.73. The largest absolute Gasteiger partial charge is 0.495 e. The van der Waals surface area contributed by atoms with Gasteiger partial charge in [-0.05, 0) is 33.8 Å². The Kier molecular flexibility index (Phi) is 5.67. The highest BCUT2D eigenvalue weighted by molar-refractivity contribution is 7.92. The molecule has 0 aliphatic heterocycles. The number of methoxy groups -OCH3 is 1. The van der Waals surface area contributed by atoms with Crippen molar-refractivity contribution in [3.05, 3.63) is 41.9 Å². The number of pyridine rings is 1. The molecule has 1 N–H and O–H groups in total. The lowest BCUT2D eigenvalue weighted by atomic mass is 10.3. The predicted molar refractivity (Wildman–Crippen MR) is 121 cm³/mol. The van der Waals surface area contributed by atoms with Crippen molar-refractivity contribution in [3.8, 4) is 17.1 Å². The molecule has 12 nitrogen and oxygen atoms in total. The summed E-state index contributed by atoms with van der Waals surface area (Å²) in [7, 11) is -0.670. The minimum atomic E-state index is -3.72. The molecule has 34 heavy (non-hydrogen) atoms. The second-order valence-electron chi connectivity index (χ2n) is 8.65. The van der Waals surface area contributed by atoms with Gasteiger partial charge in [0.05, 0.1) is 30.3 Å². The average molecular weight is 488 g/mol. The van der Waals surface area contributed by atoms with E-state index in [0.29, 0.717) is 22.9 Å². The lowest BCUT2D eigenvalue weighted by Gasteiger charge is -2.21.